The van der Waals surface area contributed by atoms with E-state index in [-0.39, 0.29) is 0 Å². The van der Waals surface area contributed by atoms with E-state index in [2.05, 4.69) is 29.1 Å². The maximum atomic E-state index is 6.11. The van der Waals surface area contributed by atoms with Crippen molar-refractivity contribution >= 4 is 22.7 Å². The molecule has 0 radical (unpaired) electrons. The van der Waals surface area contributed by atoms with Gasteiger partial charge in [-0.1, -0.05) is 6.07 Å². The fraction of sp³-hybridized carbons (Fsp3) is 0.333. The maximum absolute atomic E-state index is 6.11. The van der Waals surface area contributed by atoms with Crippen LogP contribution in [0.2, 0.25) is 0 Å². The molecule has 1 aromatic carbocycles. The minimum absolute atomic E-state index is 0.328. The Kier molecular flexibility index (Phi) is 4.68. The van der Waals surface area contributed by atoms with Crippen LogP contribution in [-0.4, -0.2) is 12.6 Å². The fourth-order valence-electron chi connectivity index (χ4n) is 2.03. The SMILES string of the molecule is CCOc1cccc(NC(C)Cc2ccsc2)c1N. The third-order valence-corrected chi connectivity index (χ3v) is 3.62. The van der Waals surface area contributed by atoms with Gasteiger partial charge in [-0.25, -0.2) is 0 Å². The number of nitrogen functional groups attached to an aromatic ring is 1. The van der Waals surface area contributed by atoms with Crippen molar-refractivity contribution in [2.75, 3.05) is 17.7 Å². The van der Waals surface area contributed by atoms with Crippen molar-refractivity contribution in [1.29, 1.82) is 0 Å². The minimum Gasteiger partial charge on any atom is -0.492 e. The van der Waals surface area contributed by atoms with Crippen molar-refractivity contribution in [3.8, 4) is 5.75 Å². The highest BCUT2D eigenvalue weighted by atomic mass is 32.1. The highest BCUT2D eigenvalue weighted by Crippen LogP contribution is 2.30. The van der Waals surface area contributed by atoms with Gasteiger partial charge in [0, 0.05) is 6.04 Å². The largest absolute Gasteiger partial charge is 0.492 e. The van der Waals surface area contributed by atoms with Crippen LogP contribution in [0.25, 0.3) is 0 Å². The van der Waals surface area contributed by atoms with Crippen LogP contribution in [0.5, 0.6) is 5.75 Å². The molecule has 1 heterocycles. The molecule has 2 aromatic rings. The molecule has 19 heavy (non-hydrogen) atoms. The Balaban J connectivity index is 2.04. The molecule has 0 aliphatic carbocycles. The molecular formula is C15H20N2OS. The van der Waals surface area contributed by atoms with Crippen LogP contribution in [0, 0.1) is 0 Å². The number of benzene rings is 1. The molecule has 0 amide bonds. The molecule has 102 valence electrons. The molecule has 0 saturated carbocycles. The van der Waals surface area contributed by atoms with E-state index in [4.69, 9.17) is 10.5 Å². The van der Waals surface area contributed by atoms with Crippen molar-refractivity contribution in [2.24, 2.45) is 0 Å². The average molecular weight is 276 g/mol. The zero-order chi connectivity index (χ0) is 13.7. The summed E-state index contributed by atoms with van der Waals surface area (Å²) >= 11 is 1.73. The predicted octanol–water partition coefficient (Wildman–Crippen LogP) is 3.77. The first kappa shape index (κ1) is 13.7. The van der Waals surface area contributed by atoms with Gasteiger partial charge in [0.1, 0.15) is 5.75 Å². The second-order valence-electron chi connectivity index (χ2n) is 4.53. The van der Waals surface area contributed by atoms with E-state index in [1.54, 1.807) is 11.3 Å². The van der Waals surface area contributed by atoms with Crippen molar-refractivity contribution < 1.29 is 4.74 Å². The summed E-state index contributed by atoms with van der Waals surface area (Å²) in [6.45, 7) is 4.74. The number of hydrogen-bond acceptors (Lipinski definition) is 4. The molecule has 0 aliphatic rings. The van der Waals surface area contributed by atoms with Gasteiger partial charge in [0.05, 0.1) is 18.0 Å². The number of rotatable bonds is 6. The van der Waals surface area contributed by atoms with Gasteiger partial charge < -0.3 is 15.8 Å². The topological polar surface area (TPSA) is 47.3 Å². The molecule has 0 aliphatic heterocycles. The van der Waals surface area contributed by atoms with E-state index in [0.29, 0.717) is 18.3 Å². The Bertz CT molecular complexity index is 511. The number of para-hydroxylation sites is 1. The van der Waals surface area contributed by atoms with Crippen LogP contribution >= 0.6 is 11.3 Å². The standard InChI is InChI=1S/C15H20N2OS/c1-3-18-14-6-4-5-13(15(14)16)17-11(2)9-12-7-8-19-10-12/h4-8,10-11,17H,3,9,16H2,1-2H3. The third kappa shape index (κ3) is 3.64. The van der Waals surface area contributed by atoms with Crippen LogP contribution in [0.4, 0.5) is 11.4 Å². The van der Waals surface area contributed by atoms with Gasteiger partial charge >= 0.3 is 0 Å². The molecule has 0 bridgehead atoms. The number of thiophene rings is 1. The van der Waals surface area contributed by atoms with E-state index < -0.39 is 0 Å². The Morgan fingerprint density at radius 3 is 2.89 bits per heavy atom. The summed E-state index contributed by atoms with van der Waals surface area (Å²) in [6.07, 6.45) is 0.988. The van der Waals surface area contributed by atoms with E-state index in [1.165, 1.54) is 5.56 Å². The lowest BCUT2D eigenvalue weighted by molar-refractivity contribution is 0.342. The smallest absolute Gasteiger partial charge is 0.144 e. The molecule has 0 spiro atoms. The molecule has 2 rings (SSSR count). The van der Waals surface area contributed by atoms with Crippen LogP contribution in [-0.2, 0) is 6.42 Å². The van der Waals surface area contributed by atoms with Gasteiger partial charge in [0.15, 0.2) is 0 Å². The van der Waals surface area contributed by atoms with Gasteiger partial charge in [-0.05, 0) is 54.8 Å². The second kappa shape index (κ2) is 6.48. The van der Waals surface area contributed by atoms with E-state index in [1.807, 2.05) is 25.1 Å². The lowest BCUT2D eigenvalue weighted by Gasteiger charge is -2.18. The van der Waals surface area contributed by atoms with Gasteiger partial charge in [-0.3, -0.25) is 0 Å². The maximum Gasteiger partial charge on any atom is 0.144 e. The average Bonchev–Trinajstić information content (AvgIpc) is 2.87. The second-order valence-corrected chi connectivity index (χ2v) is 5.31. The summed E-state index contributed by atoms with van der Waals surface area (Å²) in [7, 11) is 0. The monoisotopic (exact) mass is 276 g/mol. The molecular weight excluding hydrogens is 256 g/mol. The number of nitrogens with one attached hydrogen (secondary N) is 1. The first-order valence-corrected chi connectivity index (χ1v) is 7.44. The molecule has 1 unspecified atom stereocenters. The molecule has 1 atom stereocenters. The zero-order valence-corrected chi connectivity index (χ0v) is 12.2. The van der Waals surface area contributed by atoms with Crippen molar-refractivity contribution in [1.82, 2.24) is 0 Å². The minimum atomic E-state index is 0.328. The summed E-state index contributed by atoms with van der Waals surface area (Å²) in [5.41, 5.74) is 9.08. The third-order valence-electron chi connectivity index (χ3n) is 2.89. The molecule has 4 heteroatoms. The lowest BCUT2D eigenvalue weighted by Crippen LogP contribution is -2.18. The predicted molar refractivity (Wildman–Crippen MR) is 83.1 cm³/mol. The van der Waals surface area contributed by atoms with Gasteiger partial charge in [0.25, 0.3) is 0 Å². The summed E-state index contributed by atoms with van der Waals surface area (Å²) < 4.78 is 5.50. The Hall–Kier alpha value is -1.68. The molecule has 0 saturated heterocycles. The molecule has 3 N–H and O–H groups in total. The highest BCUT2D eigenvalue weighted by Gasteiger charge is 2.09. The lowest BCUT2D eigenvalue weighted by atomic mass is 10.1. The first-order valence-electron chi connectivity index (χ1n) is 6.49. The number of anilines is 2. The Labute approximate surface area is 118 Å². The summed E-state index contributed by atoms with van der Waals surface area (Å²) in [6, 6.07) is 8.33. The zero-order valence-electron chi connectivity index (χ0n) is 11.3. The van der Waals surface area contributed by atoms with Crippen LogP contribution < -0.4 is 15.8 Å². The molecule has 3 nitrogen and oxygen atoms in total. The van der Waals surface area contributed by atoms with E-state index in [0.717, 1.165) is 17.9 Å². The first-order chi connectivity index (χ1) is 9.20. The van der Waals surface area contributed by atoms with Gasteiger partial charge in [-0.15, -0.1) is 0 Å². The van der Waals surface area contributed by atoms with Crippen molar-refractivity contribution in [2.45, 2.75) is 26.3 Å². The van der Waals surface area contributed by atoms with Crippen molar-refractivity contribution in [3.05, 3.63) is 40.6 Å². The molecule has 0 fully saturated rings. The summed E-state index contributed by atoms with van der Waals surface area (Å²) in [5.74, 6) is 0.746. The van der Waals surface area contributed by atoms with E-state index in [9.17, 15) is 0 Å². The normalized spacial score (nSPS) is 12.1. The Morgan fingerprint density at radius 2 is 2.21 bits per heavy atom. The number of hydrogen-bond donors (Lipinski definition) is 2. The van der Waals surface area contributed by atoms with Gasteiger partial charge in [-0.2, -0.15) is 11.3 Å². The van der Waals surface area contributed by atoms with Crippen LogP contribution in [0.15, 0.2) is 35.0 Å². The molecule has 1 aromatic heterocycles. The van der Waals surface area contributed by atoms with E-state index >= 15 is 0 Å². The highest BCUT2D eigenvalue weighted by molar-refractivity contribution is 7.07. The van der Waals surface area contributed by atoms with Crippen LogP contribution in [0.3, 0.4) is 0 Å². The van der Waals surface area contributed by atoms with Crippen LogP contribution in [0.1, 0.15) is 19.4 Å². The number of ether oxygens (including phenoxy) is 1. The fourth-order valence-corrected chi connectivity index (χ4v) is 2.71. The summed E-state index contributed by atoms with van der Waals surface area (Å²) in [4.78, 5) is 0. The Morgan fingerprint density at radius 1 is 1.37 bits per heavy atom. The van der Waals surface area contributed by atoms with Crippen molar-refractivity contribution in [3.63, 3.8) is 0 Å². The summed E-state index contributed by atoms with van der Waals surface area (Å²) in [5, 5.41) is 7.73. The quantitative estimate of drug-likeness (QED) is 0.789. The number of nitrogens with two attached hydrogens (primary N) is 1. The van der Waals surface area contributed by atoms with Gasteiger partial charge in [0.2, 0.25) is 0 Å².